The number of aldehydes is 1. The fourth-order valence-electron chi connectivity index (χ4n) is 5.73. The van der Waals surface area contributed by atoms with Crippen LogP contribution in [0.2, 0.25) is 0 Å². The molecule has 2 saturated carbocycles. The highest BCUT2D eigenvalue weighted by Gasteiger charge is 2.59. The van der Waals surface area contributed by atoms with Crippen LogP contribution in [0, 0.1) is 22.7 Å². The van der Waals surface area contributed by atoms with Crippen LogP contribution in [0.15, 0.2) is 9.66 Å². The van der Waals surface area contributed by atoms with Crippen molar-refractivity contribution in [2.75, 3.05) is 0 Å². The summed E-state index contributed by atoms with van der Waals surface area (Å²) in [6.07, 6.45) is 9.23. The molecule has 21 heavy (non-hydrogen) atoms. The van der Waals surface area contributed by atoms with Crippen LogP contribution < -0.4 is 0 Å². The molecule has 0 N–H and O–H groups in total. The van der Waals surface area contributed by atoms with Crippen LogP contribution in [-0.2, 0) is 9.53 Å². The highest BCUT2D eigenvalue weighted by molar-refractivity contribution is 14.1. The molecule has 0 aromatic carbocycles. The first-order valence-electron chi connectivity index (χ1n) is 8.23. The molecule has 0 radical (unpaired) electrons. The first-order valence-corrected chi connectivity index (χ1v) is 9.31. The second-order valence-electron chi connectivity index (χ2n) is 8.46. The molecule has 0 aromatic rings. The summed E-state index contributed by atoms with van der Waals surface area (Å²) in [5.41, 5.74) is 0.563. The SMILES string of the molecule is CC1(C)CCC[C@]2(C)[C@@H]1CC[C@]1(C)O[C@H](C=O)C(I)=C[C@@H]21. The predicted octanol–water partition coefficient (Wildman–Crippen LogP) is 4.90. The Hall–Kier alpha value is 0.100. The molecule has 3 rings (SSSR count). The molecule has 3 heteroatoms. The first kappa shape index (κ1) is 16.0. The van der Waals surface area contributed by atoms with Crippen LogP contribution in [-0.4, -0.2) is 18.0 Å². The smallest absolute Gasteiger partial charge is 0.153 e. The molecular weight excluding hydrogens is 375 g/mol. The topological polar surface area (TPSA) is 26.3 Å². The lowest BCUT2D eigenvalue weighted by atomic mass is 9.45. The number of carbonyl (C=O) groups is 1. The van der Waals surface area contributed by atoms with Crippen LogP contribution in [0.3, 0.4) is 0 Å². The van der Waals surface area contributed by atoms with Crippen molar-refractivity contribution in [1.82, 2.24) is 0 Å². The lowest BCUT2D eigenvalue weighted by Gasteiger charge is -2.62. The second-order valence-corrected chi connectivity index (χ2v) is 9.70. The van der Waals surface area contributed by atoms with Crippen molar-refractivity contribution in [3.63, 3.8) is 0 Å². The zero-order valence-electron chi connectivity index (χ0n) is 13.6. The maximum atomic E-state index is 11.3. The molecule has 2 fully saturated rings. The van der Waals surface area contributed by atoms with Gasteiger partial charge in [-0.15, -0.1) is 0 Å². The summed E-state index contributed by atoms with van der Waals surface area (Å²) < 4.78 is 7.36. The van der Waals surface area contributed by atoms with Crippen molar-refractivity contribution in [2.45, 2.75) is 71.5 Å². The third-order valence-corrected chi connectivity index (χ3v) is 7.66. The summed E-state index contributed by atoms with van der Waals surface area (Å²) >= 11 is 2.30. The van der Waals surface area contributed by atoms with Crippen LogP contribution in [0.25, 0.3) is 0 Å². The fourth-order valence-corrected chi connectivity index (χ4v) is 6.37. The van der Waals surface area contributed by atoms with Crippen LogP contribution in [0.5, 0.6) is 0 Å². The lowest BCUT2D eigenvalue weighted by Crippen LogP contribution is -2.60. The summed E-state index contributed by atoms with van der Waals surface area (Å²) in [7, 11) is 0. The highest BCUT2D eigenvalue weighted by Crippen LogP contribution is 2.64. The van der Waals surface area contributed by atoms with Gasteiger partial charge in [0.2, 0.25) is 0 Å². The average Bonchev–Trinajstić information content (AvgIpc) is 2.39. The Morgan fingerprint density at radius 2 is 1.95 bits per heavy atom. The van der Waals surface area contributed by atoms with E-state index in [1.165, 1.54) is 25.7 Å². The van der Waals surface area contributed by atoms with Crippen LogP contribution in [0.1, 0.15) is 59.8 Å². The third-order valence-electron chi connectivity index (χ3n) is 6.69. The Bertz CT molecular complexity index is 484. The van der Waals surface area contributed by atoms with Crippen molar-refractivity contribution < 1.29 is 9.53 Å². The van der Waals surface area contributed by atoms with Crippen molar-refractivity contribution >= 4 is 28.9 Å². The minimum atomic E-state index is -0.344. The van der Waals surface area contributed by atoms with Gasteiger partial charge in [-0.05, 0) is 71.9 Å². The molecule has 0 spiro atoms. The van der Waals surface area contributed by atoms with Gasteiger partial charge < -0.3 is 9.53 Å². The van der Waals surface area contributed by atoms with E-state index in [4.69, 9.17) is 4.74 Å². The van der Waals surface area contributed by atoms with Crippen LogP contribution >= 0.6 is 22.6 Å². The zero-order chi connectivity index (χ0) is 15.5. The lowest BCUT2D eigenvalue weighted by molar-refractivity contribution is -0.193. The summed E-state index contributed by atoms with van der Waals surface area (Å²) in [6.45, 7) is 9.61. The summed E-state index contributed by atoms with van der Waals surface area (Å²) in [5, 5.41) is 0. The van der Waals surface area contributed by atoms with E-state index in [9.17, 15) is 4.79 Å². The van der Waals surface area contributed by atoms with E-state index in [2.05, 4.69) is 56.4 Å². The first-order chi connectivity index (χ1) is 9.73. The van der Waals surface area contributed by atoms with Gasteiger partial charge in [-0.3, -0.25) is 0 Å². The minimum Gasteiger partial charge on any atom is -0.359 e. The van der Waals surface area contributed by atoms with Gasteiger partial charge in [0.15, 0.2) is 6.29 Å². The minimum absolute atomic E-state index is 0.168. The van der Waals surface area contributed by atoms with E-state index in [1.54, 1.807) is 0 Å². The van der Waals surface area contributed by atoms with E-state index < -0.39 is 0 Å². The van der Waals surface area contributed by atoms with Gasteiger partial charge in [0.25, 0.3) is 0 Å². The molecule has 1 heterocycles. The Morgan fingerprint density at radius 1 is 1.24 bits per heavy atom. The summed E-state index contributed by atoms with van der Waals surface area (Å²) in [5.74, 6) is 1.19. The molecule has 0 saturated heterocycles. The highest BCUT2D eigenvalue weighted by atomic mass is 127. The van der Waals surface area contributed by atoms with Crippen molar-refractivity contribution in [2.24, 2.45) is 22.7 Å². The number of carbonyl (C=O) groups excluding carboxylic acids is 1. The molecule has 0 amide bonds. The van der Waals surface area contributed by atoms with Crippen molar-refractivity contribution in [3.05, 3.63) is 9.66 Å². The van der Waals surface area contributed by atoms with E-state index in [-0.39, 0.29) is 11.7 Å². The van der Waals surface area contributed by atoms with Gasteiger partial charge in [0.1, 0.15) is 6.10 Å². The van der Waals surface area contributed by atoms with Gasteiger partial charge in [-0.2, -0.15) is 0 Å². The fraction of sp³-hybridized carbons (Fsp3) is 0.833. The Labute approximate surface area is 142 Å². The van der Waals surface area contributed by atoms with Gasteiger partial charge in [0.05, 0.1) is 5.60 Å². The summed E-state index contributed by atoms with van der Waals surface area (Å²) in [6, 6.07) is 0. The van der Waals surface area contributed by atoms with Crippen LogP contribution in [0.4, 0.5) is 0 Å². The molecule has 0 unspecified atom stereocenters. The third kappa shape index (κ3) is 2.34. The van der Waals surface area contributed by atoms with Gasteiger partial charge >= 0.3 is 0 Å². The number of hydrogen-bond acceptors (Lipinski definition) is 2. The quantitative estimate of drug-likeness (QED) is 0.461. The largest absolute Gasteiger partial charge is 0.359 e. The van der Waals surface area contributed by atoms with Gasteiger partial charge in [0, 0.05) is 9.50 Å². The molecule has 0 aromatic heterocycles. The van der Waals surface area contributed by atoms with Gasteiger partial charge in [-0.25, -0.2) is 0 Å². The summed E-state index contributed by atoms with van der Waals surface area (Å²) in [4.78, 5) is 11.3. The molecule has 1 aliphatic heterocycles. The predicted molar refractivity (Wildman–Crippen MR) is 93.4 cm³/mol. The number of hydrogen-bond donors (Lipinski definition) is 0. The van der Waals surface area contributed by atoms with Crippen molar-refractivity contribution in [1.29, 1.82) is 0 Å². The monoisotopic (exact) mass is 402 g/mol. The Balaban J connectivity index is 2.04. The average molecular weight is 402 g/mol. The maximum absolute atomic E-state index is 11.3. The molecule has 118 valence electrons. The Morgan fingerprint density at radius 3 is 2.62 bits per heavy atom. The van der Waals surface area contributed by atoms with E-state index in [1.807, 2.05) is 0 Å². The molecule has 2 nitrogen and oxygen atoms in total. The van der Waals surface area contributed by atoms with Gasteiger partial charge in [-0.1, -0.05) is 33.3 Å². The van der Waals surface area contributed by atoms with E-state index in [0.29, 0.717) is 16.7 Å². The standard InChI is InChI=1S/C18H27IO2/c1-16(2)7-5-8-17(3)14(16)6-9-18(4)15(17)10-12(19)13(11-20)21-18/h10-11,13-15H,5-9H2,1-4H3/t13-,14-,15+,17-,18+/m1/s1. The number of rotatable bonds is 1. The molecule has 5 atom stereocenters. The second kappa shape index (κ2) is 5.05. The number of ether oxygens (including phenoxy) is 1. The van der Waals surface area contributed by atoms with Crippen molar-refractivity contribution in [3.8, 4) is 0 Å². The molecular formula is C18H27IO2. The number of fused-ring (bicyclic) bond motifs is 3. The maximum Gasteiger partial charge on any atom is 0.153 e. The Kier molecular flexibility index (Phi) is 3.84. The molecule has 0 bridgehead atoms. The number of halogens is 1. The van der Waals surface area contributed by atoms with E-state index >= 15 is 0 Å². The molecule has 3 aliphatic rings. The normalized spacial score (nSPS) is 48.8. The zero-order valence-corrected chi connectivity index (χ0v) is 15.8. The van der Waals surface area contributed by atoms with E-state index in [0.717, 1.165) is 22.2 Å². The molecule has 2 aliphatic carbocycles.